The third-order valence-corrected chi connectivity index (χ3v) is 5.79. The maximum atomic E-state index is 12.2. The van der Waals surface area contributed by atoms with E-state index >= 15 is 0 Å². The summed E-state index contributed by atoms with van der Waals surface area (Å²) in [6.45, 7) is 5.27. The molecule has 0 aliphatic carbocycles. The fourth-order valence-electron chi connectivity index (χ4n) is 2.90. The van der Waals surface area contributed by atoms with Crippen LogP contribution in [0.2, 0.25) is 0 Å². The highest BCUT2D eigenvalue weighted by atomic mass is 32.2. The van der Waals surface area contributed by atoms with E-state index < -0.39 is 10.0 Å². The van der Waals surface area contributed by atoms with Gasteiger partial charge >= 0.3 is 0 Å². The van der Waals surface area contributed by atoms with Gasteiger partial charge in [-0.25, -0.2) is 8.42 Å². The zero-order valence-corrected chi connectivity index (χ0v) is 11.5. The van der Waals surface area contributed by atoms with E-state index in [4.69, 9.17) is 0 Å². The number of sulfonamides is 1. The second-order valence-corrected chi connectivity index (χ2v) is 7.17. The number of hydrogen-bond acceptors (Lipinski definition) is 4. The minimum atomic E-state index is -3.09. The standard InChI is InChI=1S/C11H23N3O2S/c1-10-8-13-6-3-4-11(13)9-14(10)17(15,16)7-5-12-2/h10-12H,3-9H2,1-2H3. The molecule has 2 fully saturated rings. The van der Waals surface area contributed by atoms with Crippen LogP contribution < -0.4 is 5.32 Å². The molecule has 0 aromatic rings. The van der Waals surface area contributed by atoms with Gasteiger partial charge in [-0.2, -0.15) is 4.31 Å². The first kappa shape index (κ1) is 13.3. The van der Waals surface area contributed by atoms with E-state index in [0.717, 1.165) is 19.5 Å². The Hall–Kier alpha value is -0.170. The van der Waals surface area contributed by atoms with Gasteiger partial charge in [-0.05, 0) is 33.4 Å². The van der Waals surface area contributed by atoms with Crippen LogP contribution in [0.15, 0.2) is 0 Å². The Bertz CT molecular complexity index is 358. The highest BCUT2D eigenvalue weighted by Gasteiger charge is 2.39. The summed E-state index contributed by atoms with van der Waals surface area (Å²) in [7, 11) is -1.30. The van der Waals surface area contributed by atoms with E-state index in [2.05, 4.69) is 10.2 Å². The molecular formula is C11H23N3O2S. The van der Waals surface area contributed by atoms with Gasteiger partial charge in [0.25, 0.3) is 0 Å². The average Bonchev–Trinajstić information content (AvgIpc) is 2.72. The van der Waals surface area contributed by atoms with Gasteiger partial charge < -0.3 is 5.32 Å². The normalized spacial score (nSPS) is 31.6. The first-order valence-corrected chi connectivity index (χ1v) is 8.03. The molecule has 0 spiro atoms. The number of fused-ring (bicyclic) bond motifs is 1. The second kappa shape index (κ2) is 5.22. The van der Waals surface area contributed by atoms with Gasteiger partial charge in [-0.1, -0.05) is 0 Å². The van der Waals surface area contributed by atoms with Crippen molar-refractivity contribution in [1.29, 1.82) is 0 Å². The molecule has 6 heteroatoms. The van der Waals surface area contributed by atoms with Crippen LogP contribution in [0.4, 0.5) is 0 Å². The molecule has 0 aromatic carbocycles. The summed E-state index contributed by atoms with van der Waals surface area (Å²) < 4.78 is 26.1. The molecule has 17 heavy (non-hydrogen) atoms. The Kier molecular flexibility index (Phi) is 4.07. The fraction of sp³-hybridized carbons (Fsp3) is 1.00. The minimum Gasteiger partial charge on any atom is -0.319 e. The highest BCUT2D eigenvalue weighted by molar-refractivity contribution is 7.89. The van der Waals surface area contributed by atoms with Gasteiger partial charge in [0, 0.05) is 31.7 Å². The van der Waals surface area contributed by atoms with E-state index in [1.807, 2.05) is 6.92 Å². The van der Waals surface area contributed by atoms with Crippen LogP contribution in [0, 0.1) is 0 Å². The lowest BCUT2D eigenvalue weighted by Crippen LogP contribution is -2.57. The lowest BCUT2D eigenvalue weighted by molar-refractivity contribution is 0.117. The maximum absolute atomic E-state index is 12.2. The minimum absolute atomic E-state index is 0.117. The van der Waals surface area contributed by atoms with Gasteiger partial charge in [0.05, 0.1) is 5.75 Å². The van der Waals surface area contributed by atoms with Crippen molar-refractivity contribution in [2.45, 2.75) is 31.8 Å². The largest absolute Gasteiger partial charge is 0.319 e. The van der Waals surface area contributed by atoms with Gasteiger partial charge in [-0.3, -0.25) is 4.90 Å². The lowest BCUT2D eigenvalue weighted by atomic mass is 10.1. The van der Waals surface area contributed by atoms with Crippen molar-refractivity contribution in [3.05, 3.63) is 0 Å². The first-order valence-electron chi connectivity index (χ1n) is 6.43. The number of hydrogen-bond donors (Lipinski definition) is 1. The smallest absolute Gasteiger partial charge is 0.215 e. The molecule has 2 saturated heterocycles. The topological polar surface area (TPSA) is 52.7 Å². The predicted octanol–water partition coefficient (Wildman–Crippen LogP) is -0.296. The Balaban J connectivity index is 2.05. The number of rotatable bonds is 4. The SMILES string of the molecule is CNCCS(=O)(=O)N1CC2CCCN2CC1C. The Morgan fingerprint density at radius 1 is 1.35 bits per heavy atom. The van der Waals surface area contributed by atoms with Crippen molar-refractivity contribution in [3.8, 4) is 0 Å². The quantitative estimate of drug-likeness (QED) is 0.755. The van der Waals surface area contributed by atoms with Crippen molar-refractivity contribution < 1.29 is 8.42 Å². The average molecular weight is 261 g/mol. The van der Waals surface area contributed by atoms with Gasteiger partial charge in [0.15, 0.2) is 0 Å². The summed E-state index contributed by atoms with van der Waals surface area (Å²) in [4.78, 5) is 2.44. The molecule has 2 rings (SSSR count). The van der Waals surface area contributed by atoms with Gasteiger partial charge in [0.1, 0.15) is 0 Å². The fourth-order valence-corrected chi connectivity index (χ4v) is 4.61. The zero-order chi connectivity index (χ0) is 12.5. The van der Waals surface area contributed by atoms with Gasteiger partial charge in [-0.15, -0.1) is 0 Å². The van der Waals surface area contributed by atoms with E-state index in [1.165, 1.54) is 6.42 Å². The van der Waals surface area contributed by atoms with Crippen LogP contribution in [-0.2, 0) is 10.0 Å². The van der Waals surface area contributed by atoms with E-state index in [9.17, 15) is 8.42 Å². The molecule has 2 aliphatic heterocycles. The van der Waals surface area contributed by atoms with Gasteiger partial charge in [0.2, 0.25) is 10.0 Å². The van der Waals surface area contributed by atoms with Crippen molar-refractivity contribution in [3.63, 3.8) is 0 Å². The van der Waals surface area contributed by atoms with Crippen molar-refractivity contribution in [2.75, 3.05) is 39.0 Å². The molecular weight excluding hydrogens is 238 g/mol. The van der Waals surface area contributed by atoms with Crippen molar-refractivity contribution in [1.82, 2.24) is 14.5 Å². The van der Waals surface area contributed by atoms with E-state index in [-0.39, 0.29) is 11.8 Å². The molecule has 1 N–H and O–H groups in total. The summed E-state index contributed by atoms with van der Waals surface area (Å²) in [6, 6.07) is 0.571. The summed E-state index contributed by atoms with van der Waals surface area (Å²) in [5, 5.41) is 2.91. The van der Waals surface area contributed by atoms with Crippen LogP contribution in [0.5, 0.6) is 0 Å². The molecule has 100 valence electrons. The second-order valence-electron chi connectivity index (χ2n) is 5.13. The number of nitrogens with one attached hydrogen (secondary N) is 1. The molecule has 5 nitrogen and oxygen atoms in total. The van der Waals surface area contributed by atoms with Crippen LogP contribution in [0.1, 0.15) is 19.8 Å². The monoisotopic (exact) mass is 261 g/mol. The van der Waals surface area contributed by atoms with E-state index in [1.54, 1.807) is 11.4 Å². The molecule has 0 bridgehead atoms. The lowest BCUT2D eigenvalue weighted by Gasteiger charge is -2.41. The zero-order valence-electron chi connectivity index (χ0n) is 10.7. The molecule has 0 saturated carbocycles. The molecule has 0 amide bonds. The van der Waals surface area contributed by atoms with Crippen molar-refractivity contribution >= 4 is 10.0 Å². The molecule has 0 aromatic heterocycles. The maximum Gasteiger partial charge on any atom is 0.215 e. The Morgan fingerprint density at radius 3 is 2.82 bits per heavy atom. The van der Waals surface area contributed by atoms with Crippen LogP contribution in [0.25, 0.3) is 0 Å². The summed E-state index contributed by atoms with van der Waals surface area (Å²) in [5.74, 6) is 0.209. The van der Waals surface area contributed by atoms with Crippen molar-refractivity contribution in [2.24, 2.45) is 0 Å². The van der Waals surface area contributed by atoms with Crippen LogP contribution >= 0.6 is 0 Å². The molecule has 2 aliphatic rings. The summed E-state index contributed by atoms with van der Waals surface area (Å²) >= 11 is 0. The highest BCUT2D eigenvalue weighted by Crippen LogP contribution is 2.26. The Morgan fingerprint density at radius 2 is 2.12 bits per heavy atom. The van der Waals surface area contributed by atoms with Crippen LogP contribution in [-0.4, -0.2) is 68.7 Å². The third kappa shape index (κ3) is 2.81. The molecule has 0 radical (unpaired) electrons. The Labute approximate surface area is 104 Å². The predicted molar refractivity (Wildman–Crippen MR) is 68.5 cm³/mol. The summed E-state index contributed by atoms with van der Waals surface area (Å²) in [6.07, 6.45) is 2.35. The summed E-state index contributed by atoms with van der Waals surface area (Å²) in [5.41, 5.74) is 0. The first-order chi connectivity index (χ1) is 8.04. The molecule has 2 atom stereocenters. The number of nitrogens with zero attached hydrogens (tertiary/aromatic N) is 2. The van der Waals surface area contributed by atoms with Crippen LogP contribution in [0.3, 0.4) is 0 Å². The third-order valence-electron chi connectivity index (χ3n) is 3.85. The molecule has 2 heterocycles. The van der Waals surface area contributed by atoms with E-state index in [0.29, 0.717) is 19.1 Å². The number of piperazine rings is 1. The molecule has 2 unspecified atom stereocenters.